The van der Waals surface area contributed by atoms with Crippen LogP contribution in [0.25, 0.3) is 0 Å². The highest BCUT2D eigenvalue weighted by Gasteiger charge is 2.20. The van der Waals surface area contributed by atoms with Crippen molar-refractivity contribution in [3.63, 3.8) is 0 Å². The molecule has 3 unspecified atom stereocenters. The molecule has 138 valence electrons. The molecular formula is C12H18Cl3N3O6. The van der Waals surface area contributed by atoms with Crippen LogP contribution in [0.3, 0.4) is 0 Å². The molecule has 12 heteroatoms. The lowest BCUT2D eigenvalue weighted by atomic mass is 10.4. The molecule has 3 atom stereocenters. The van der Waals surface area contributed by atoms with Crippen molar-refractivity contribution in [3.8, 4) is 0 Å². The fourth-order valence-electron chi connectivity index (χ4n) is 1.93. The van der Waals surface area contributed by atoms with E-state index < -0.39 is 55.0 Å². The smallest absolute Gasteiger partial charge is 0.336 e. The van der Waals surface area contributed by atoms with E-state index in [9.17, 15) is 29.7 Å². The van der Waals surface area contributed by atoms with Crippen molar-refractivity contribution in [2.24, 2.45) is 0 Å². The summed E-state index contributed by atoms with van der Waals surface area (Å²) in [6.45, 7) is -1.35. The minimum absolute atomic E-state index is 0.236. The summed E-state index contributed by atoms with van der Waals surface area (Å²) >= 11 is 16.4. The van der Waals surface area contributed by atoms with E-state index in [2.05, 4.69) is 0 Å². The molecule has 0 aliphatic heterocycles. The molecule has 3 N–H and O–H groups in total. The predicted molar refractivity (Wildman–Crippen MR) is 89.4 cm³/mol. The van der Waals surface area contributed by atoms with Crippen LogP contribution in [0.1, 0.15) is 0 Å². The molecule has 0 spiro atoms. The standard InChI is InChI=1S/C12H18Cl3N3O6/c13-1-7(19)4-16-10(22)17(5-8(20)2-14)12(24)18(11(16)23)6-9(21)3-15/h7-9,19-21H,1-6H2. The topological polar surface area (TPSA) is 127 Å². The molecule has 24 heavy (non-hydrogen) atoms. The lowest BCUT2D eigenvalue weighted by Gasteiger charge is -2.17. The van der Waals surface area contributed by atoms with Gasteiger partial charge in [-0.2, -0.15) is 0 Å². The second-order valence-electron chi connectivity index (χ2n) is 5.10. The van der Waals surface area contributed by atoms with Crippen LogP contribution < -0.4 is 17.1 Å². The Balaban J connectivity index is 3.55. The quantitative estimate of drug-likeness (QED) is 0.406. The van der Waals surface area contributed by atoms with Crippen molar-refractivity contribution < 1.29 is 15.3 Å². The number of nitrogens with zero attached hydrogens (tertiary/aromatic N) is 3. The number of aliphatic hydroxyl groups excluding tert-OH is 3. The molecule has 9 nitrogen and oxygen atoms in total. The van der Waals surface area contributed by atoms with Crippen LogP contribution in [0.5, 0.6) is 0 Å². The van der Waals surface area contributed by atoms with Crippen LogP contribution in [0.4, 0.5) is 0 Å². The Labute approximate surface area is 151 Å². The van der Waals surface area contributed by atoms with Gasteiger partial charge in [-0.3, -0.25) is 0 Å². The van der Waals surface area contributed by atoms with Gasteiger partial charge in [0.05, 0.1) is 55.6 Å². The van der Waals surface area contributed by atoms with Gasteiger partial charge in [0.2, 0.25) is 0 Å². The number of aromatic nitrogens is 3. The highest BCUT2D eigenvalue weighted by atomic mass is 35.5. The van der Waals surface area contributed by atoms with E-state index in [1.54, 1.807) is 0 Å². The molecule has 0 amide bonds. The maximum Gasteiger partial charge on any atom is 0.336 e. The zero-order valence-electron chi connectivity index (χ0n) is 12.5. The van der Waals surface area contributed by atoms with Crippen LogP contribution in [0.15, 0.2) is 14.4 Å². The summed E-state index contributed by atoms with van der Waals surface area (Å²) in [6, 6.07) is 0. The molecule has 0 radical (unpaired) electrons. The van der Waals surface area contributed by atoms with Gasteiger partial charge in [0.1, 0.15) is 0 Å². The van der Waals surface area contributed by atoms with Crippen molar-refractivity contribution in [1.29, 1.82) is 0 Å². The fourth-order valence-corrected chi connectivity index (χ4v) is 2.22. The average molecular weight is 407 g/mol. The number of rotatable bonds is 9. The zero-order valence-corrected chi connectivity index (χ0v) is 14.8. The summed E-state index contributed by atoms with van der Waals surface area (Å²) in [6.07, 6.45) is -3.60. The first-order chi connectivity index (χ1) is 11.3. The summed E-state index contributed by atoms with van der Waals surface area (Å²) < 4.78 is 1.82. The highest BCUT2D eigenvalue weighted by molar-refractivity contribution is 6.18. The summed E-state index contributed by atoms with van der Waals surface area (Å²) in [5, 5.41) is 28.8. The summed E-state index contributed by atoms with van der Waals surface area (Å²) in [4.78, 5) is 37.0. The van der Waals surface area contributed by atoms with Gasteiger partial charge in [-0.25, -0.2) is 28.1 Å². The Morgan fingerprint density at radius 2 is 0.833 bits per heavy atom. The normalized spacial score (nSPS) is 15.2. The molecule has 1 aromatic rings. The van der Waals surface area contributed by atoms with Crippen LogP contribution >= 0.6 is 34.8 Å². The van der Waals surface area contributed by atoms with Gasteiger partial charge in [0.25, 0.3) is 0 Å². The van der Waals surface area contributed by atoms with E-state index in [0.29, 0.717) is 13.7 Å². The third-order valence-electron chi connectivity index (χ3n) is 3.10. The Bertz CT molecular complexity index is 590. The first kappa shape index (κ1) is 21.2. The molecule has 1 heterocycles. The molecule has 1 aromatic heterocycles. The second kappa shape index (κ2) is 9.59. The van der Waals surface area contributed by atoms with E-state index in [1.165, 1.54) is 0 Å². The molecule has 0 fully saturated rings. The van der Waals surface area contributed by atoms with Crippen LogP contribution in [-0.2, 0) is 19.6 Å². The van der Waals surface area contributed by atoms with Gasteiger partial charge in [-0.05, 0) is 0 Å². The van der Waals surface area contributed by atoms with Crippen LogP contribution in [0.2, 0.25) is 0 Å². The summed E-state index contributed by atoms with van der Waals surface area (Å²) in [7, 11) is 0. The van der Waals surface area contributed by atoms with E-state index in [-0.39, 0.29) is 17.6 Å². The SMILES string of the molecule is O=c1n(CC(O)CCl)c(=O)n(CC(O)CCl)c(=O)n1CC(O)CCl. The molecule has 0 bridgehead atoms. The maximum absolute atomic E-state index is 12.3. The monoisotopic (exact) mass is 405 g/mol. The highest BCUT2D eigenvalue weighted by Crippen LogP contribution is 1.94. The molecule has 0 saturated carbocycles. The van der Waals surface area contributed by atoms with Gasteiger partial charge in [0.15, 0.2) is 0 Å². The fraction of sp³-hybridized carbons (Fsp3) is 0.750. The molecule has 0 aliphatic carbocycles. The summed E-state index contributed by atoms with van der Waals surface area (Å²) in [5.74, 6) is -0.709. The average Bonchev–Trinajstić information content (AvgIpc) is 2.58. The zero-order chi connectivity index (χ0) is 18.4. The first-order valence-electron chi connectivity index (χ1n) is 6.93. The Morgan fingerprint density at radius 3 is 1.00 bits per heavy atom. The molecule has 1 rings (SSSR count). The van der Waals surface area contributed by atoms with Gasteiger partial charge < -0.3 is 15.3 Å². The maximum atomic E-state index is 12.3. The van der Waals surface area contributed by atoms with Gasteiger partial charge >= 0.3 is 17.1 Å². The van der Waals surface area contributed by atoms with Gasteiger partial charge in [0, 0.05) is 0 Å². The molecule has 0 aliphatic rings. The third-order valence-corrected chi connectivity index (χ3v) is 4.17. The Kier molecular flexibility index (Phi) is 8.48. The van der Waals surface area contributed by atoms with Crippen molar-refractivity contribution >= 4 is 34.8 Å². The number of hydrogen-bond donors (Lipinski definition) is 3. The van der Waals surface area contributed by atoms with E-state index in [1.807, 2.05) is 0 Å². The van der Waals surface area contributed by atoms with E-state index in [4.69, 9.17) is 34.8 Å². The van der Waals surface area contributed by atoms with E-state index >= 15 is 0 Å². The molecule has 0 saturated heterocycles. The Morgan fingerprint density at radius 1 is 0.625 bits per heavy atom. The van der Waals surface area contributed by atoms with Crippen molar-refractivity contribution in [2.45, 2.75) is 37.9 Å². The largest absolute Gasteiger partial charge is 0.390 e. The van der Waals surface area contributed by atoms with Crippen LogP contribution in [0, 0.1) is 0 Å². The predicted octanol–water partition coefficient (Wildman–Crippen LogP) is -2.03. The lowest BCUT2D eigenvalue weighted by Crippen LogP contribution is -2.57. The number of alkyl halides is 3. The van der Waals surface area contributed by atoms with Gasteiger partial charge in [-0.1, -0.05) is 0 Å². The van der Waals surface area contributed by atoms with Crippen molar-refractivity contribution in [3.05, 3.63) is 31.5 Å². The molecular weight excluding hydrogens is 389 g/mol. The summed E-state index contributed by atoms with van der Waals surface area (Å²) in [5.41, 5.74) is -3.06. The first-order valence-corrected chi connectivity index (χ1v) is 8.53. The Hall–Kier alpha value is -0.840. The van der Waals surface area contributed by atoms with Gasteiger partial charge in [-0.15, -0.1) is 34.8 Å². The second-order valence-corrected chi connectivity index (χ2v) is 6.03. The van der Waals surface area contributed by atoms with Crippen molar-refractivity contribution in [2.75, 3.05) is 17.6 Å². The number of hydrogen-bond acceptors (Lipinski definition) is 6. The van der Waals surface area contributed by atoms with Crippen LogP contribution in [-0.4, -0.2) is 65.0 Å². The number of halogens is 3. The minimum atomic E-state index is -1.20. The molecule has 0 aromatic carbocycles. The number of aliphatic hydroxyl groups is 3. The lowest BCUT2D eigenvalue weighted by molar-refractivity contribution is 0.149. The van der Waals surface area contributed by atoms with Crippen molar-refractivity contribution in [1.82, 2.24) is 13.7 Å². The third kappa shape index (κ3) is 5.08. The minimum Gasteiger partial charge on any atom is -0.390 e. The van der Waals surface area contributed by atoms with E-state index in [0.717, 1.165) is 0 Å².